The minimum atomic E-state index is -0.398. The molecule has 2 atom stereocenters. The Morgan fingerprint density at radius 2 is 2.12 bits per heavy atom. The summed E-state index contributed by atoms with van der Waals surface area (Å²) in [7, 11) is 2.11. The number of carbonyl (C=O) groups excluding carboxylic acids is 1. The van der Waals surface area contributed by atoms with Crippen LogP contribution in [-0.4, -0.2) is 30.8 Å². The number of Topliss-reactive ketones (excluding diaryl/α,β-unsaturated/α-hetero) is 1. The largest absolute Gasteiger partial charge is 0.307 e. The number of piperidine rings is 1. The molecule has 1 aliphatic carbocycles. The summed E-state index contributed by atoms with van der Waals surface area (Å²) < 4.78 is 0. The Balaban J connectivity index is 2.51. The van der Waals surface area contributed by atoms with E-state index in [9.17, 15) is 4.79 Å². The third-order valence-corrected chi connectivity index (χ3v) is 4.48. The van der Waals surface area contributed by atoms with Crippen LogP contribution in [0.5, 0.6) is 0 Å². The minimum absolute atomic E-state index is 0.0273. The van der Waals surface area contributed by atoms with Crippen LogP contribution in [0.3, 0.4) is 0 Å². The number of nitrogens with zero attached hydrogens (tertiary/aromatic N) is 2. The highest BCUT2D eigenvalue weighted by molar-refractivity contribution is 6.02. The Hall–Kier alpha value is -1.14. The summed E-state index contributed by atoms with van der Waals surface area (Å²) in [6.45, 7) is 15.3. The van der Waals surface area contributed by atoms with Crippen LogP contribution in [0.4, 0.5) is 0 Å². The molecule has 0 spiro atoms. The van der Waals surface area contributed by atoms with Gasteiger partial charge in [0.05, 0.1) is 6.57 Å². The van der Waals surface area contributed by atoms with E-state index >= 15 is 0 Å². The Morgan fingerprint density at radius 1 is 1.47 bits per heavy atom. The second kappa shape index (κ2) is 3.68. The van der Waals surface area contributed by atoms with Crippen LogP contribution >= 0.6 is 0 Å². The van der Waals surface area contributed by atoms with Gasteiger partial charge in [-0.2, -0.15) is 0 Å². The normalized spacial score (nSPS) is 37.0. The second-order valence-electron chi connectivity index (χ2n) is 6.28. The van der Waals surface area contributed by atoms with Crippen molar-refractivity contribution in [3.05, 3.63) is 23.2 Å². The molecule has 3 heteroatoms. The third-order valence-electron chi connectivity index (χ3n) is 4.48. The molecule has 0 N–H and O–H groups in total. The van der Waals surface area contributed by atoms with Gasteiger partial charge in [-0.3, -0.25) is 0 Å². The predicted molar refractivity (Wildman–Crippen MR) is 67.2 cm³/mol. The van der Waals surface area contributed by atoms with Gasteiger partial charge >= 0.3 is 0 Å². The molecule has 0 bridgehead atoms. The fourth-order valence-electron chi connectivity index (χ4n) is 3.73. The Bertz CT molecular complexity index is 430. The van der Waals surface area contributed by atoms with Crippen LogP contribution in [-0.2, 0) is 4.79 Å². The maximum atomic E-state index is 12.3. The van der Waals surface area contributed by atoms with Gasteiger partial charge in [0.25, 0.3) is 0 Å². The zero-order chi connectivity index (χ0) is 12.8. The smallest absolute Gasteiger partial charge is 0.226 e. The van der Waals surface area contributed by atoms with Gasteiger partial charge in [-0.25, -0.2) is 4.85 Å². The zero-order valence-corrected chi connectivity index (χ0v) is 11.1. The number of carbonyl (C=O) groups is 1. The van der Waals surface area contributed by atoms with E-state index in [1.165, 1.54) is 0 Å². The van der Waals surface area contributed by atoms with Crippen molar-refractivity contribution in [3.63, 3.8) is 0 Å². The first-order valence-electron chi connectivity index (χ1n) is 6.15. The molecule has 0 amide bonds. The summed E-state index contributed by atoms with van der Waals surface area (Å²) in [5.74, 6) is 0.378. The number of fused-ring (bicyclic) bond motifs is 1. The van der Waals surface area contributed by atoms with E-state index in [0.29, 0.717) is 11.6 Å². The summed E-state index contributed by atoms with van der Waals surface area (Å²) in [4.78, 5) is 18.0. The second-order valence-corrected chi connectivity index (χ2v) is 6.28. The maximum Gasteiger partial charge on any atom is 0.226 e. The quantitative estimate of drug-likeness (QED) is 0.599. The van der Waals surface area contributed by atoms with E-state index in [-0.39, 0.29) is 11.2 Å². The van der Waals surface area contributed by atoms with Crippen LogP contribution < -0.4 is 0 Å². The van der Waals surface area contributed by atoms with Crippen LogP contribution in [0.1, 0.15) is 27.2 Å². The number of ketones is 1. The number of rotatable bonds is 0. The van der Waals surface area contributed by atoms with E-state index in [1.807, 2.05) is 19.9 Å². The van der Waals surface area contributed by atoms with Crippen molar-refractivity contribution in [2.24, 2.45) is 16.7 Å². The number of likely N-dealkylation sites (tertiary alicyclic amines) is 1. The molecule has 0 aromatic carbocycles. The Labute approximate surface area is 103 Å². The first-order chi connectivity index (χ1) is 7.81. The Kier molecular flexibility index (Phi) is 2.67. The van der Waals surface area contributed by atoms with Crippen molar-refractivity contribution in [1.29, 1.82) is 0 Å². The van der Waals surface area contributed by atoms with Gasteiger partial charge in [0.15, 0.2) is 5.78 Å². The van der Waals surface area contributed by atoms with E-state index in [0.717, 1.165) is 19.5 Å². The monoisotopic (exact) mass is 232 g/mol. The van der Waals surface area contributed by atoms with E-state index in [4.69, 9.17) is 6.57 Å². The SMILES string of the molecule is [C-]#[N+]C1=C[C@]2(C)CN(C)CC[C@H]2C(C)(C)C1=O. The molecule has 3 nitrogen and oxygen atoms in total. The minimum Gasteiger partial charge on any atom is -0.307 e. The molecule has 1 saturated heterocycles. The van der Waals surface area contributed by atoms with E-state index < -0.39 is 5.41 Å². The van der Waals surface area contributed by atoms with Gasteiger partial charge in [-0.15, -0.1) is 0 Å². The van der Waals surface area contributed by atoms with E-state index in [2.05, 4.69) is 23.7 Å². The highest BCUT2D eigenvalue weighted by Crippen LogP contribution is 2.51. The summed E-state index contributed by atoms with van der Waals surface area (Å²) in [6, 6.07) is 0. The number of allylic oxidation sites excluding steroid dienone is 1. The molecule has 1 aliphatic heterocycles. The molecule has 2 aliphatic rings. The molecule has 92 valence electrons. The van der Waals surface area contributed by atoms with Crippen LogP contribution in [0.15, 0.2) is 11.8 Å². The van der Waals surface area contributed by atoms with Gasteiger partial charge in [-0.05, 0) is 31.3 Å². The van der Waals surface area contributed by atoms with Gasteiger partial charge in [-0.1, -0.05) is 26.8 Å². The summed E-state index contributed by atoms with van der Waals surface area (Å²) in [5, 5.41) is 0. The van der Waals surface area contributed by atoms with Crippen LogP contribution in [0, 0.1) is 23.3 Å². The number of hydrogen-bond donors (Lipinski definition) is 0. The fraction of sp³-hybridized carbons (Fsp3) is 0.714. The molecule has 0 unspecified atom stereocenters. The molecule has 2 rings (SSSR count). The first kappa shape index (κ1) is 12.3. The highest BCUT2D eigenvalue weighted by atomic mass is 16.1. The summed E-state index contributed by atoms with van der Waals surface area (Å²) in [5.41, 5.74) is -0.0985. The lowest BCUT2D eigenvalue weighted by molar-refractivity contribution is -0.132. The fourth-order valence-corrected chi connectivity index (χ4v) is 3.73. The van der Waals surface area contributed by atoms with Crippen molar-refractivity contribution < 1.29 is 4.79 Å². The van der Waals surface area contributed by atoms with Gasteiger partial charge in [0, 0.05) is 12.0 Å². The Morgan fingerprint density at radius 3 is 2.71 bits per heavy atom. The maximum absolute atomic E-state index is 12.3. The molecular formula is C14H20N2O. The zero-order valence-electron chi connectivity index (χ0n) is 11.1. The average molecular weight is 232 g/mol. The van der Waals surface area contributed by atoms with Gasteiger partial charge < -0.3 is 9.69 Å². The van der Waals surface area contributed by atoms with Crippen molar-refractivity contribution in [2.75, 3.05) is 20.1 Å². The van der Waals surface area contributed by atoms with Crippen molar-refractivity contribution in [2.45, 2.75) is 27.2 Å². The molecule has 0 aromatic rings. The molecule has 0 saturated carbocycles. The predicted octanol–water partition coefficient (Wildman–Crippen LogP) is 2.36. The average Bonchev–Trinajstić information content (AvgIpc) is 2.23. The van der Waals surface area contributed by atoms with Crippen LogP contribution in [0.25, 0.3) is 4.85 Å². The van der Waals surface area contributed by atoms with E-state index in [1.54, 1.807) is 0 Å². The first-order valence-corrected chi connectivity index (χ1v) is 6.15. The molecule has 17 heavy (non-hydrogen) atoms. The summed E-state index contributed by atoms with van der Waals surface area (Å²) >= 11 is 0. The summed E-state index contributed by atoms with van der Waals surface area (Å²) in [6.07, 6.45) is 2.96. The lowest BCUT2D eigenvalue weighted by atomic mass is 9.55. The van der Waals surface area contributed by atoms with Crippen molar-refractivity contribution in [3.8, 4) is 0 Å². The lowest BCUT2D eigenvalue weighted by Gasteiger charge is -2.52. The van der Waals surface area contributed by atoms with Gasteiger partial charge in [0.1, 0.15) is 0 Å². The van der Waals surface area contributed by atoms with Crippen molar-refractivity contribution in [1.82, 2.24) is 4.90 Å². The lowest BCUT2D eigenvalue weighted by Crippen LogP contribution is -2.54. The molecule has 0 aromatic heterocycles. The van der Waals surface area contributed by atoms with Crippen LogP contribution in [0.2, 0.25) is 0 Å². The highest BCUT2D eigenvalue weighted by Gasteiger charge is 2.52. The van der Waals surface area contributed by atoms with Gasteiger partial charge in [0.2, 0.25) is 5.70 Å². The molecule has 1 heterocycles. The molecule has 1 fully saturated rings. The molecule has 0 radical (unpaired) electrons. The standard InChI is InChI=1S/C14H20N2O/c1-13(2)11-6-7-16(5)9-14(11,3)8-10(15-4)12(13)17/h8,11H,6-7,9H2,1-3,5H3/t11-,14+/m0/s1. The number of hydrogen-bond acceptors (Lipinski definition) is 2. The van der Waals surface area contributed by atoms with Crippen molar-refractivity contribution >= 4 is 5.78 Å². The third kappa shape index (κ3) is 1.71. The topological polar surface area (TPSA) is 24.7 Å². The molecular weight excluding hydrogens is 212 g/mol.